The van der Waals surface area contributed by atoms with Gasteiger partial charge in [0.05, 0.1) is 5.92 Å². The summed E-state index contributed by atoms with van der Waals surface area (Å²) in [6.45, 7) is 1.06. The zero-order valence-corrected chi connectivity index (χ0v) is 13.8. The summed E-state index contributed by atoms with van der Waals surface area (Å²) in [5, 5.41) is 7.37. The number of halogens is 1. The summed E-state index contributed by atoms with van der Waals surface area (Å²) in [6, 6.07) is 10.5. The van der Waals surface area contributed by atoms with Crippen LogP contribution in [0.1, 0.15) is 11.8 Å². The van der Waals surface area contributed by atoms with Gasteiger partial charge in [0.1, 0.15) is 0 Å². The Morgan fingerprint density at radius 1 is 1.28 bits per heavy atom. The first kappa shape index (κ1) is 15.6. The number of urea groups is 1. The second-order valence-electron chi connectivity index (χ2n) is 5.74. The van der Waals surface area contributed by atoms with E-state index in [0.717, 1.165) is 5.56 Å². The Balaban J connectivity index is 1.36. The van der Waals surface area contributed by atoms with Crippen LogP contribution in [0.25, 0.3) is 11.4 Å². The Kier molecular flexibility index (Phi) is 4.07. The van der Waals surface area contributed by atoms with Gasteiger partial charge in [-0.25, -0.2) is 4.79 Å². The summed E-state index contributed by atoms with van der Waals surface area (Å²) >= 11 is 5.91. The number of anilines is 1. The number of carbonyl (C=O) groups excluding carboxylic acids is 1. The highest BCUT2D eigenvalue weighted by atomic mass is 35.5. The predicted octanol–water partition coefficient (Wildman–Crippen LogP) is 3.42. The van der Waals surface area contributed by atoms with E-state index in [2.05, 4.69) is 20.4 Å². The van der Waals surface area contributed by atoms with Gasteiger partial charge in [-0.3, -0.25) is 4.98 Å². The van der Waals surface area contributed by atoms with Crippen LogP contribution < -0.4 is 5.32 Å². The Morgan fingerprint density at radius 3 is 2.92 bits per heavy atom. The molecule has 25 heavy (non-hydrogen) atoms. The number of amides is 2. The van der Waals surface area contributed by atoms with Gasteiger partial charge in [0.2, 0.25) is 11.7 Å². The minimum atomic E-state index is -0.175. The van der Waals surface area contributed by atoms with Crippen LogP contribution in [-0.4, -0.2) is 39.1 Å². The third-order valence-corrected chi connectivity index (χ3v) is 4.19. The van der Waals surface area contributed by atoms with Gasteiger partial charge >= 0.3 is 6.03 Å². The summed E-state index contributed by atoms with van der Waals surface area (Å²) in [7, 11) is 0. The van der Waals surface area contributed by atoms with Crippen molar-refractivity contribution in [2.24, 2.45) is 0 Å². The highest BCUT2D eigenvalue weighted by molar-refractivity contribution is 6.30. The number of hydrogen-bond donors (Lipinski definition) is 1. The van der Waals surface area contributed by atoms with Crippen LogP contribution in [0.5, 0.6) is 0 Å². The first-order valence-corrected chi connectivity index (χ1v) is 8.12. The molecule has 0 radical (unpaired) electrons. The molecule has 3 heterocycles. The maximum absolute atomic E-state index is 12.2. The molecule has 7 nitrogen and oxygen atoms in total. The predicted molar refractivity (Wildman–Crippen MR) is 92.3 cm³/mol. The maximum Gasteiger partial charge on any atom is 0.321 e. The molecule has 2 amide bonds. The maximum atomic E-state index is 12.2. The topological polar surface area (TPSA) is 84.2 Å². The van der Waals surface area contributed by atoms with Crippen molar-refractivity contribution in [1.82, 2.24) is 20.0 Å². The van der Waals surface area contributed by atoms with E-state index in [1.165, 1.54) is 0 Å². The van der Waals surface area contributed by atoms with Crippen molar-refractivity contribution in [3.8, 4) is 11.4 Å². The van der Waals surface area contributed by atoms with Gasteiger partial charge in [-0.2, -0.15) is 4.98 Å². The van der Waals surface area contributed by atoms with Crippen molar-refractivity contribution in [3.63, 3.8) is 0 Å². The number of nitrogens with one attached hydrogen (secondary N) is 1. The van der Waals surface area contributed by atoms with Gasteiger partial charge in [0.25, 0.3) is 0 Å². The van der Waals surface area contributed by atoms with Crippen LogP contribution >= 0.6 is 11.6 Å². The lowest BCUT2D eigenvalue weighted by molar-refractivity contribution is 0.147. The third kappa shape index (κ3) is 3.32. The molecule has 1 aromatic carbocycles. The largest absolute Gasteiger partial charge is 0.339 e. The molecule has 4 rings (SSSR count). The van der Waals surface area contributed by atoms with Gasteiger partial charge in [-0.15, -0.1) is 0 Å². The number of hydrogen-bond acceptors (Lipinski definition) is 5. The molecule has 0 aliphatic carbocycles. The van der Waals surface area contributed by atoms with E-state index in [0.29, 0.717) is 35.5 Å². The first-order chi connectivity index (χ1) is 12.2. The Morgan fingerprint density at radius 2 is 2.16 bits per heavy atom. The Labute approximate surface area is 148 Å². The molecule has 0 unspecified atom stereocenters. The average Bonchev–Trinajstić information content (AvgIpc) is 3.04. The molecule has 2 aromatic heterocycles. The zero-order valence-electron chi connectivity index (χ0n) is 13.1. The summed E-state index contributed by atoms with van der Waals surface area (Å²) in [4.78, 5) is 22.3. The summed E-state index contributed by atoms with van der Waals surface area (Å²) in [5.41, 5.74) is 1.46. The lowest BCUT2D eigenvalue weighted by atomic mass is 10.0. The smallest absolute Gasteiger partial charge is 0.321 e. The summed E-state index contributed by atoms with van der Waals surface area (Å²) in [5.74, 6) is 1.08. The number of carbonyl (C=O) groups is 1. The van der Waals surface area contributed by atoms with Crippen LogP contribution in [0, 0.1) is 0 Å². The molecular weight excluding hydrogens is 342 g/mol. The number of pyridine rings is 1. The summed E-state index contributed by atoms with van der Waals surface area (Å²) in [6.07, 6.45) is 3.37. The number of aromatic nitrogens is 3. The molecule has 0 atom stereocenters. The minimum Gasteiger partial charge on any atom is -0.339 e. The van der Waals surface area contributed by atoms with Crippen molar-refractivity contribution in [2.45, 2.75) is 5.92 Å². The van der Waals surface area contributed by atoms with Gasteiger partial charge in [0, 0.05) is 41.8 Å². The van der Waals surface area contributed by atoms with E-state index < -0.39 is 0 Å². The molecule has 8 heteroatoms. The molecule has 0 bridgehead atoms. The molecule has 126 valence electrons. The lowest BCUT2D eigenvalue weighted by Gasteiger charge is -2.36. The van der Waals surface area contributed by atoms with Gasteiger partial charge in [-0.05, 0) is 30.3 Å². The van der Waals surface area contributed by atoms with Crippen molar-refractivity contribution in [3.05, 3.63) is 59.7 Å². The van der Waals surface area contributed by atoms with Crippen LogP contribution in [0.2, 0.25) is 5.02 Å². The van der Waals surface area contributed by atoms with E-state index >= 15 is 0 Å². The highest BCUT2D eigenvalue weighted by Crippen LogP contribution is 2.28. The number of likely N-dealkylation sites (tertiary alicyclic amines) is 1. The fourth-order valence-electron chi connectivity index (χ4n) is 2.58. The van der Waals surface area contributed by atoms with Crippen LogP contribution in [0.15, 0.2) is 53.3 Å². The quantitative estimate of drug-likeness (QED) is 0.778. The van der Waals surface area contributed by atoms with Gasteiger partial charge in [-0.1, -0.05) is 22.8 Å². The lowest BCUT2D eigenvalue weighted by Crippen LogP contribution is -2.50. The molecule has 1 aliphatic rings. The second kappa shape index (κ2) is 6.52. The van der Waals surface area contributed by atoms with Crippen LogP contribution in [-0.2, 0) is 0 Å². The molecule has 3 aromatic rings. The Bertz CT molecular complexity index is 893. The fourth-order valence-corrected chi connectivity index (χ4v) is 2.77. The average molecular weight is 356 g/mol. The number of nitrogens with zero attached hydrogens (tertiary/aromatic N) is 4. The van der Waals surface area contributed by atoms with Crippen LogP contribution in [0.4, 0.5) is 10.5 Å². The fraction of sp³-hybridized carbons (Fsp3) is 0.176. The van der Waals surface area contributed by atoms with E-state index in [1.54, 1.807) is 41.6 Å². The summed E-state index contributed by atoms with van der Waals surface area (Å²) < 4.78 is 5.32. The standard InChI is InChI=1S/C17H14ClN5O2/c18-13-4-1-5-14(7-13)20-17(24)23-9-12(10-23)16-21-15(22-25-16)11-3-2-6-19-8-11/h1-8,12H,9-10H2,(H,20,24). The SMILES string of the molecule is O=C(Nc1cccc(Cl)c1)N1CC(c2nc(-c3cccnc3)no2)C1. The second-order valence-corrected chi connectivity index (χ2v) is 6.18. The molecule has 1 N–H and O–H groups in total. The third-order valence-electron chi connectivity index (χ3n) is 3.96. The van der Waals surface area contributed by atoms with Crippen LogP contribution in [0.3, 0.4) is 0 Å². The molecule has 1 aliphatic heterocycles. The zero-order chi connectivity index (χ0) is 17.2. The minimum absolute atomic E-state index is 0.0445. The van der Waals surface area contributed by atoms with Crippen molar-refractivity contribution in [1.29, 1.82) is 0 Å². The van der Waals surface area contributed by atoms with Crippen molar-refractivity contribution in [2.75, 3.05) is 18.4 Å². The number of benzene rings is 1. The molecular formula is C17H14ClN5O2. The first-order valence-electron chi connectivity index (χ1n) is 7.74. The molecule has 0 saturated carbocycles. The van der Waals surface area contributed by atoms with E-state index in [-0.39, 0.29) is 11.9 Å². The molecule has 1 saturated heterocycles. The highest BCUT2D eigenvalue weighted by Gasteiger charge is 2.35. The van der Waals surface area contributed by atoms with Crippen molar-refractivity contribution < 1.29 is 9.32 Å². The normalized spacial score (nSPS) is 14.2. The Hall–Kier alpha value is -2.93. The monoisotopic (exact) mass is 355 g/mol. The molecule has 0 spiro atoms. The van der Waals surface area contributed by atoms with E-state index in [4.69, 9.17) is 16.1 Å². The van der Waals surface area contributed by atoms with E-state index in [1.807, 2.05) is 12.1 Å². The van der Waals surface area contributed by atoms with Gasteiger partial charge < -0.3 is 14.7 Å². The molecule has 1 fully saturated rings. The number of rotatable bonds is 3. The van der Waals surface area contributed by atoms with Crippen molar-refractivity contribution >= 4 is 23.3 Å². The van der Waals surface area contributed by atoms with Gasteiger partial charge in [0.15, 0.2) is 0 Å². The van der Waals surface area contributed by atoms with E-state index in [9.17, 15) is 4.79 Å².